The second-order valence-corrected chi connectivity index (χ2v) is 14.5. The summed E-state index contributed by atoms with van der Waals surface area (Å²) in [4.78, 5) is 65.3. The number of carboxylic acids is 2. The third-order valence-corrected chi connectivity index (χ3v) is 10.8. The largest absolute Gasteiger partial charge is 0.478 e. The monoisotopic (exact) mass is 673 g/mol. The maximum absolute atomic E-state index is 14.2. The van der Waals surface area contributed by atoms with Crippen LogP contribution in [0.1, 0.15) is 85.5 Å². The van der Waals surface area contributed by atoms with E-state index in [2.05, 4.69) is 16.0 Å². The first kappa shape index (κ1) is 33.0. The van der Waals surface area contributed by atoms with Crippen LogP contribution in [0.15, 0.2) is 84.9 Å². The lowest BCUT2D eigenvalue weighted by Gasteiger charge is -2.56. The quantitative estimate of drug-likeness (QED) is 0.127. The molecule has 0 radical (unpaired) electrons. The summed E-state index contributed by atoms with van der Waals surface area (Å²) in [5, 5.41) is 29.2. The SMILES string of the molecule is O=C(O)c1cc(NC(=O)[C@H](Cc2ccccc2)NC(=O)c2cc3ccccc3cc2C(=O)NCC23CC4CC(CC(C4)C2)C3)cc(C(=O)O)c1. The summed E-state index contributed by atoms with van der Waals surface area (Å²) < 4.78 is 0. The van der Waals surface area contributed by atoms with Crippen LogP contribution >= 0.6 is 0 Å². The van der Waals surface area contributed by atoms with E-state index in [-0.39, 0.29) is 45.7 Å². The van der Waals surface area contributed by atoms with Gasteiger partial charge >= 0.3 is 11.9 Å². The number of fused-ring (bicyclic) bond motifs is 1. The lowest BCUT2D eigenvalue weighted by molar-refractivity contribution is -0.118. The zero-order chi connectivity index (χ0) is 35.0. The first-order chi connectivity index (χ1) is 24.0. The van der Waals surface area contributed by atoms with Crippen molar-refractivity contribution in [3.8, 4) is 0 Å². The fourth-order valence-electron chi connectivity index (χ4n) is 8.96. The van der Waals surface area contributed by atoms with Gasteiger partial charge in [0.15, 0.2) is 0 Å². The number of hydrogen-bond donors (Lipinski definition) is 5. The molecule has 5 N–H and O–H groups in total. The Morgan fingerprint density at radius 1 is 0.680 bits per heavy atom. The standard InChI is InChI=1S/C40H39N3O7/c44-35(41-22-40-19-24-10-25(20-40)12-26(11-24)21-40)32-17-27-8-4-5-9-28(27)18-33(32)36(45)43-34(13-23-6-2-1-3-7-23)37(46)42-31-15-29(38(47)48)14-30(16-31)39(49)50/h1-9,14-18,24-26,34H,10-13,19-22H2,(H,41,44)(H,42,46)(H,43,45)(H,47,48)(H,49,50)/t24?,25?,26?,34-,40?/m0/s1. The van der Waals surface area contributed by atoms with E-state index in [0.29, 0.717) is 6.54 Å². The maximum atomic E-state index is 14.2. The van der Waals surface area contributed by atoms with Gasteiger partial charge in [-0.05, 0) is 108 Å². The summed E-state index contributed by atoms with van der Waals surface area (Å²) in [6.45, 7) is 0.565. The number of aromatic carboxylic acids is 2. The van der Waals surface area contributed by atoms with Crippen LogP contribution in [0, 0.1) is 23.2 Å². The van der Waals surface area contributed by atoms with E-state index >= 15 is 0 Å². The minimum absolute atomic E-state index is 0.0462. The number of rotatable bonds is 11. The molecule has 4 aliphatic carbocycles. The molecule has 0 unspecified atom stereocenters. The number of carbonyl (C=O) groups excluding carboxylic acids is 3. The summed E-state index contributed by atoms with van der Waals surface area (Å²) >= 11 is 0. The van der Waals surface area contributed by atoms with Gasteiger partial charge in [0.25, 0.3) is 11.8 Å². The van der Waals surface area contributed by atoms with Gasteiger partial charge in [-0.1, -0.05) is 54.6 Å². The van der Waals surface area contributed by atoms with Crippen LogP contribution in [-0.2, 0) is 11.2 Å². The predicted octanol–water partition coefficient (Wildman–Crippen LogP) is 6.16. The molecule has 3 amide bonds. The Labute approximate surface area is 289 Å². The van der Waals surface area contributed by atoms with E-state index in [4.69, 9.17) is 0 Å². The summed E-state index contributed by atoms with van der Waals surface area (Å²) in [5.41, 5.74) is 0.499. The molecule has 10 heteroatoms. The molecule has 0 spiro atoms. The van der Waals surface area contributed by atoms with Crippen molar-refractivity contribution in [1.29, 1.82) is 0 Å². The van der Waals surface area contributed by atoms with Crippen LogP contribution < -0.4 is 16.0 Å². The minimum Gasteiger partial charge on any atom is -0.478 e. The van der Waals surface area contributed by atoms with E-state index in [1.807, 2.05) is 30.3 Å². The Morgan fingerprint density at radius 2 is 1.20 bits per heavy atom. The summed E-state index contributed by atoms with van der Waals surface area (Å²) in [5.74, 6) is -2.18. The fourth-order valence-corrected chi connectivity index (χ4v) is 8.96. The Kier molecular flexibility index (Phi) is 8.86. The molecule has 0 heterocycles. The first-order valence-corrected chi connectivity index (χ1v) is 17.1. The summed E-state index contributed by atoms with van der Waals surface area (Å²) in [6, 6.07) is 22.0. The topological polar surface area (TPSA) is 162 Å². The molecule has 4 aliphatic rings. The van der Waals surface area contributed by atoms with Crippen molar-refractivity contribution in [1.82, 2.24) is 10.6 Å². The lowest BCUT2D eigenvalue weighted by atomic mass is 9.49. The van der Waals surface area contributed by atoms with E-state index in [9.17, 15) is 34.2 Å². The van der Waals surface area contributed by atoms with Gasteiger partial charge < -0.3 is 26.2 Å². The highest BCUT2D eigenvalue weighted by molar-refractivity contribution is 6.12. The van der Waals surface area contributed by atoms with Crippen molar-refractivity contribution >= 4 is 46.1 Å². The Balaban J connectivity index is 1.16. The van der Waals surface area contributed by atoms with Crippen LogP contribution in [0.2, 0.25) is 0 Å². The normalized spacial score (nSPS) is 22.4. The van der Waals surface area contributed by atoms with Gasteiger partial charge in [0.2, 0.25) is 5.91 Å². The van der Waals surface area contributed by atoms with Crippen LogP contribution in [-0.4, -0.2) is 52.5 Å². The zero-order valence-corrected chi connectivity index (χ0v) is 27.5. The predicted molar refractivity (Wildman–Crippen MR) is 187 cm³/mol. The lowest BCUT2D eigenvalue weighted by Crippen LogP contribution is -2.51. The van der Waals surface area contributed by atoms with Crippen LogP contribution in [0.25, 0.3) is 10.8 Å². The Bertz CT molecular complexity index is 1940. The Hall–Kier alpha value is -5.51. The van der Waals surface area contributed by atoms with Gasteiger partial charge in [-0.15, -0.1) is 0 Å². The van der Waals surface area contributed by atoms with Crippen LogP contribution in [0.3, 0.4) is 0 Å². The Morgan fingerprint density at radius 3 is 1.74 bits per heavy atom. The molecule has 10 nitrogen and oxygen atoms in total. The summed E-state index contributed by atoms with van der Waals surface area (Å²) in [7, 11) is 0. The highest BCUT2D eigenvalue weighted by Gasteiger charge is 2.50. The summed E-state index contributed by atoms with van der Waals surface area (Å²) in [6.07, 6.45) is 7.35. The average molecular weight is 674 g/mol. The zero-order valence-electron chi connectivity index (χ0n) is 27.5. The molecule has 1 atom stereocenters. The van der Waals surface area contributed by atoms with Crippen LogP contribution in [0.5, 0.6) is 0 Å². The fraction of sp³-hybridized carbons (Fsp3) is 0.325. The van der Waals surface area contributed by atoms with E-state index in [0.717, 1.165) is 71.6 Å². The molecular formula is C40H39N3O7. The molecule has 50 heavy (non-hydrogen) atoms. The van der Waals surface area contributed by atoms with Gasteiger partial charge in [0.05, 0.1) is 22.3 Å². The second kappa shape index (κ2) is 13.4. The molecule has 0 aromatic heterocycles. The first-order valence-electron chi connectivity index (χ1n) is 17.1. The minimum atomic E-state index is -1.36. The maximum Gasteiger partial charge on any atom is 0.335 e. The number of benzene rings is 4. The van der Waals surface area contributed by atoms with Crippen molar-refractivity contribution in [3.63, 3.8) is 0 Å². The van der Waals surface area contributed by atoms with E-state index < -0.39 is 29.8 Å². The molecule has 0 saturated heterocycles. The number of nitrogens with one attached hydrogen (secondary N) is 3. The van der Waals surface area contributed by atoms with Gasteiger partial charge in [-0.25, -0.2) is 9.59 Å². The molecule has 4 aromatic carbocycles. The number of carboxylic acid groups (broad SMARTS) is 2. The molecule has 0 aliphatic heterocycles. The molecule has 4 bridgehead atoms. The molecule has 256 valence electrons. The van der Waals surface area contributed by atoms with Crippen molar-refractivity contribution in [2.45, 2.75) is 51.0 Å². The highest BCUT2D eigenvalue weighted by Crippen LogP contribution is 2.59. The molecule has 4 fully saturated rings. The van der Waals surface area contributed by atoms with Crippen LogP contribution in [0.4, 0.5) is 5.69 Å². The van der Waals surface area contributed by atoms with E-state index in [1.165, 1.54) is 19.3 Å². The molecular weight excluding hydrogens is 634 g/mol. The molecule has 4 aromatic rings. The van der Waals surface area contributed by atoms with Gasteiger partial charge in [0, 0.05) is 18.7 Å². The highest BCUT2D eigenvalue weighted by atomic mass is 16.4. The number of anilines is 1. The van der Waals surface area contributed by atoms with Gasteiger partial charge in [-0.3, -0.25) is 14.4 Å². The molecule has 4 saturated carbocycles. The number of hydrogen-bond acceptors (Lipinski definition) is 5. The number of carbonyl (C=O) groups is 5. The van der Waals surface area contributed by atoms with E-state index in [1.54, 1.807) is 36.4 Å². The van der Waals surface area contributed by atoms with Gasteiger partial charge in [0.1, 0.15) is 6.04 Å². The smallest absolute Gasteiger partial charge is 0.335 e. The van der Waals surface area contributed by atoms with Crippen molar-refractivity contribution in [2.24, 2.45) is 23.2 Å². The van der Waals surface area contributed by atoms with Crippen molar-refractivity contribution in [2.75, 3.05) is 11.9 Å². The average Bonchev–Trinajstić information content (AvgIpc) is 3.09. The van der Waals surface area contributed by atoms with Crippen molar-refractivity contribution < 1.29 is 34.2 Å². The van der Waals surface area contributed by atoms with Gasteiger partial charge in [-0.2, -0.15) is 0 Å². The third kappa shape index (κ3) is 6.96. The molecule has 8 rings (SSSR count). The van der Waals surface area contributed by atoms with Crippen molar-refractivity contribution in [3.05, 3.63) is 113 Å². The third-order valence-electron chi connectivity index (χ3n) is 10.8. The number of amides is 3. The second-order valence-electron chi connectivity index (χ2n) is 14.5.